The van der Waals surface area contributed by atoms with Crippen LogP contribution in [0.4, 0.5) is 0 Å². The molecule has 5 nitrogen and oxygen atoms in total. The summed E-state index contributed by atoms with van der Waals surface area (Å²) < 4.78 is 8.86. The van der Waals surface area contributed by atoms with Gasteiger partial charge in [-0.2, -0.15) is 0 Å². The summed E-state index contributed by atoms with van der Waals surface area (Å²) in [6, 6.07) is 6.21. The van der Waals surface area contributed by atoms with Crippen LogP contribution in [0.25, 0.3) is 0 Å². The molecule has 6 heteroatoms. The van der Waals surface area contributed by atoms with Gasteiger partial charge in [0.25, 0.3) is 0 Å². The van der Waals surface area contributed by atoms with Crippen molar-refractivity contribution in [3.8, 4) is 5.75 Å². The SMILES string of the molecule is CC(=O)Oc1ccccc1C(=O)[N+]OS. The molecule has 0 saturated carbocycles. The molecule has 0 bridgehead atoms. The Bertz CT molecular complexity index is 380. The summed E-state index contributed by atoms with van der Waals surface area (Å²) in [6.07, 6.45) is 0. The first-order chi connectivity index (χ1) is 7.15. The van der Waals surface area contributed by atoms with E-state index in [1.54, 1.807) is 12.1 Å². The lowest BCUT2D eigenvalue weighted by Gasteiger charge is -2.01. The lowest BCUT2D eigenvalue weighted by molar-refractivity contribution is -0.131. The van der Waals surface area contributed by atoms with Crippen LogP contribution in [-0.2, 0) is 9.08 Å². The molecule has 0 N–H and O–H groups in total. The number of carbonyl (C=O) groups excluding carboxylic acids is 2. The molecule has 0 aliphatic carbocycles. The van der Waals surface area contributed by atoms with Crippen LogP contribution in [0.15, 0.2) is 24.3 Å². The number of hydrogen-bond acceptors (Lipinski definition) is 5. The molecule has 0 atom stereocenters. The quantitative estimate of drug-likeness (QED) is 0.276. The van der Waals surface area contributed by atoms with Crippen molar-refractivity contribution >= 4 is 24.8 Å². The van der Waals surface area contributed by atoms with Gasteiger partial charge in [-0.25, -0.2) is 4.79 Å². The normalized spacial score (nSPS) is 9.73. The molecule has 1 rings (SSSR count). The van der Waals surface area contributed by atoms with Crippen LogP contribution in [-0.4, -0.2) is 11.9 Å². The number of carbonyl (C=O) groups is 2. The van der Waals surface area contributed by atoms with Gasteiger partial charge in [-0.05, 0) is 16.4 Å². The molecule has 1 aromatic rings. The molecular formula is C9H8NO4S+. The largest absolute Gasteiger partial charge is 0.507 e. The maximum absolute atomic E-state index is 11.3. The van der Waals surface area contributed by atoms with Crippen LogP contribution in [0.3, 0.4) is 0 Å². The minimum atomic E-state index is -0.665. The third-order valence-corrected chi connectivity index (χ3v) is 1.58. The molecule has 1 aromatic carbocycles. The minimum Gasteiger partial charge on any atom is -0.426 e. The van der Waals surface area contributed by atoms with E-state index < -0.39 is 11.9 Å². The predicted molar refractivity (Wildman–Crippen MR) is 54.3 cm³/mol. The third-order valence-electron chi connectivity index (χ3n) is 1.49. The number of amides is 1. The zero-order valence-corrected chi connectivity index (χ0v) is 8.73. The topological polar surface area (TPSA) is 66.7 Å². The second kappa shape index (κ2) is 5.50. The van der Waals surface area contributed by atoms with Crippen molar-refractivity contribution < 1.29 is 18.6 Å². The molecule has 0 unspecified atom stereocenters. The Morgan fingerprint density at radius 2 is 2.00 bits per heavy atom. The van der Waals surface area contributed by atoms with Crippen molar-refractivity contribution in [3.63, 3.8) is 0 Å². The average Bonchev–Trinajstić information content (AvgIpc) is 2.18. The molecule has 0 saturated heterocycles. The van der Waals surface area contributed by atoms with Crippen molar-refractivity contribution in [3.05, 3.63) is 29.8 Å². The Morgan fingerprint density at radius 1 is 1.33 bits per heavy atom. The fourth-order valence-corrected chi connectivity index (χ4v) is 1.05. The second-order valence-corrected chi connectivity index (χ2v) is 2.73. The molecule has 2 radical (unpaired) electrons. The molecule has 0 heterocycles. The van der Waals surface area contributed by atoms with Crippen LogP contribution in [0.2, 0.25) is 0 Å². The van der Waals surface area contributed by atoms with Crippen molar-refractivity contribution in [2.45, 2.75) is 6.92 Å². The first-order valence-corrected chi connectivity index (χ1v) is 4.35. The highest BCUT2D eigenvalue weighted by atomic mass is 32.1. The van der Waals surface area contributed by atoms with E-state index in [0.29, 0.717) is 0 Å². The zero-order valence-electron chi connectivity index (χ0n) is 7.84. The van der Waals surface area contributed by atoms with Gasteiger partial charge in [0, 0.05) is 6.92 Å². The van der Waals surface area contributed by atoms with Gasteiger partial charge in [0.05, 0.1) is 12.9 Å². The van der Waals surface area contributed by atoms with Gasteiger partial charge in [-0.3, -0.25) is 4.79 Å². The summed E-state index contributed by atoms with van der Waals surface area (Å²) in [5, 5.41) is 0. The fraction of sp³-hybridized carbons (Fsp3) is 0.111. The highest BCUT2D eigenvalue weighted by molar-refractivity contribution is 7.75. The number of rotatable bonds is 3. The predicted octanol–water partition coefficient (Wildman–Crippen LogP) is 1.13. The second-order valence-electron chi connectivity index (χ2n) is 2.57. The minimum absolute atomic E-state index is 0.141. The number of benzene rings is 1. The van der Waals surface area contributed by atoms with Crippen LogP contribution in [0.1, 0.15) is 17.3 Å². The first kappa shape index (κ1) is 11.7. The summed E-state index contributed by atoms with van der Waals surface area (Å²) in [5.74, 6) is -1.03. The van der Waals surface area contributed by atoms with Gasteiger partial charge in [-0.1, -0.05) is 12.1 Å². The van der Waals surface area contributed by atoms with E-state index in [4.69, 9.17) is 4.74 Å². The van der Waals surface area contributed by atoms with Crippen molar-refractivity contribution in [1.82, 2.24) is 5.48 Å². The van der Waals surface area contributed by atoms with E-state index in [1.807, 2.05) is 0 Å². The van der Waals surface area contributed by atoms with E-state index in [2.05, 4.69) is 22.7 Å². The molecule has 0 aromatic heterocycles. The molecule has 78 valence electrons. The van der Waals surface area contributed by atoms with Crippen LogP contribution >= 0.6 is 12.9 Å². The molecule has 0 fully saturated rings. The average molecular weight is 226 g/mol. The molecular weight excluding hydrogens is 218 g/mol. The fourth-order valence-electron chi connectivity index (χ4n) is 0.973. The van der Waals surface area contributed by atoms with E-state index in [9.17, 15) is 9.59 Å². The van der Waals surface area contributed by atoms with Gasteiger partial charge < -0.3 is 4.74 Å². The molecule has 15 heavy (non-hydrogen) atoms. The van der Waals surface area contributed by atoms with Gasteiger partial charge in [0.15, 0.2) is 0 Å². The maximum Gasteiger partial charge on any atom is 0.507 e. The monoisotopic (exact) mass is 226 g/mol. The first-order valence-electron chi connectivity index (χ1n) is 3.98. The number of ether oxygens (including phenoxy) is 1. The Labute approximate surface area is 91.9 Å². The molecule has 0 spiro atoms. The van der Waals surface area contributed by atoms with Crippen LogP contribution in [0.5, 0.6) is 5.75 Å². The lowest BCUT2D eigenvalue weighted by atomic mass is 10.2. The number of esters is 1. The number of nitrogens with zero attached hydrogens (tertiary/aromatic N) is 1. The lowest BCUT2D eigenvalue weighted by Crippen LogP contribution is -2.15. The summed E-state index contributed by atoms with van der Waals surface area (Å²) in [7, 11) is 0. The molecule has 1 amide bonds. The van der Waals surface area contributed by atoms with E-state index in [0.717, 1.165) is 0 Å². The van der Waals surface area contributed by atoms with Crippen molar-refractivity contribution in [2.75, 3.05) is 0 Å². The highest BCUT2D eigenvalue weighted by Gasteiger charge is 2.27. The number of para-hydroxylation sites is 1. The van der Waals surface area contributed by atoms with Gasteiger partial charge in [-0.15, -0.1) is 0 Å². The van der Waals surface area contributed by atoms with E-state index in [-0.39, 0.29) is 11.3 Å². The smallest absolute Gasteiger partial charge is 0.426 e. The Hall–Kier alpha value is -1.37. The number of hydroxylamine groups is 1. The van der Waals surface area contributed by atoms with E-state index in [1.165, 1.54) is 19.1 Å². The van der Waals surface area contributed by atoms with Gasteiger partial charge >= 0.3 is 17.4 Å². The number of thiol groups is 1. The summed E-state index contributed by atoms with van der Waals surface area (Å²) in [6.45, 7) is 1.24. The number of hydrogen-bond donors (Lipinski definition) is 1. The van der Waals surface area contributed by atoms with E-state index >= 15 is 0 Å². The Kier molecular flexibility index (Phi) is 4.29. The molecule has 0 aliphatic rings. The third kappa shape index (κ3) is 3.35. The highest BCUT2D eigenvalue weighted by Crippen LogP contribution is 2.18. The van der Waals surface area contributed by atoms with Crippen LogP contribution < -0.4 is 10.2 Å². The van der Waals surface area contributed by atoms with Gasteiger partial charge in [0.1, 0.15) is 11.3 Å². The van der Waals surface area contributed by atoms with Crippen LogP contribution in [0, 0.1) is 0 Å². The Morgan fingerprint density at radius 3 is 2.60 bits per heavy atom. The standard InChI is InChI=1S/C9H8NO4S/c1-6(11)13-8-5-3-2-4-7(8)9(12)10-14-15/h2-5,15H,1H3/q+1. The summed E-state index contributed by atoms with van der Waals surface area (Å²) >= 11 is 3.32. The zero-order chi connectivity index (χ0) is 11.3. The van der Waals surface area contributed by atoms with Crippen molar-refractivity contribution in [1.29, 1.82) is 0 Å². The van der Waals surface area contributed by atoms with Gasteiger partial charge in [0.2, 0.25) is 0 Å². The Balaban J connectivity index is 2.95. The summed E-state index contributed by atoms with van der Waals surface area (Å²) in [4.78, 5) is 22.1. The van der Waals surface area contributed by atoms with Crippen molar-refractivity contribution in [2.24, 2.45) is 0 Å². The molecule has 0 aliphatic heterocycles. The maximum atomic E-state index is 11.3. The summed E-state index contributed by atoms with van der Waals surface area (Å²) in [5.41, 5.74) is 3.24.